The molecule has 0 aliphatic heterocycles. The van der Waals surface area contributed by atoms with E-state index in [0.717, 1.165) is 32.2 Å². The average molecular weight is 225 g/mol. The van der Waals surface area contributed by atoms with Crippen LogP contribution in [0.5, 0.6) is 0 Å². The Hall–Kier alpha value is -0.370. The smallest absolute Gasteiger partial charge is 0.137 e. The lowest BCUT2D eigenvalue weighted by atomic mass is 9.94. The van der Waals surface area contributed by atoms with Crippen molar-refractivity contribution in [2.75, 3.05) is 13.6 Å². The third-order valence-electron chi connectivity index (χ3n) is 4.32. The van der Waals surface area contributed by atoms with Crippen molar-refractivity contribution in [3.05, 3.63) is 0 Å². The van der Waals surface area contributed by atoms with Gasteiger partial charge in [0.1, 0.15) is 5.78 Å². The number of hydrogen-bond donors (Lipinski definition) is 0. The van der Waals surface area contributed by atoms with Gasteiger partial charge in [0.2, 0.25) is 0 Å². The molecule has 94 valence electrons. The molecule has 0 radical (unpaired) electrons. The maximum atomic E-state index is 11.9. The molecule has 0 heterocycles. The van der Waals surface area contributed by atoms with Gasteiger partial charge in [-0.05, 0) is 40.2 Å². The highest BCUT2D eigenvalue weighted by molar-refractivity contribution is 5.81. The van der Waals surface area contributed by atoms with E-state index in [1.165, 1.54) is 12.8 Å². The molecular formula is C14H27NO. The first-order chi connectivity index (χ1) is 7.47. The largest absolute Gasteiger partial charge is 0.301 e. The minimum absolute atomic E-state index is 0.215. The predicted molar refractivity (Wildman–Crippen MR) is 68.6 cm³/mol. The third-order valence-corrected chi connectivity index (χ3v) is 4.32. The van der Waals surface area contributed by atoms with Crippen molar-refractivity contribution in [1.29, 1.82) is 0 Å². The minimum atomic E-state index is 0.215. The molecule has 1 fully saturated rings. The fourth-order valence-electron chi connectivity index (χ4n) is 2.27. The second kappa shape index (κ2) is 5.81. The van der Waals surface area contributed by atoms with Crippen LogP contribution in [-0.2, 0) is 4.79 Å². The summed E-state index contributed by atoms with van der Waals surface area (Å²) in [5.41, 5.74) is 0.215. The Bertz CT molecular complexity index is 235. The molecule has 1 saturated carbocycles. The van der Waals surface area contributed by atoms with Gasteiger partial charge in [0, 0.05) is 24.4 Å². The molecule has 1 unspecified atom stereocenters. The van der Waals surface area contributed by atoms with Crippen LogP contribution in [0.4, 0.5) is 0 Å². The molecular weight excluding hydrogens is 198 g/mol. The van der Waals surface area contributed by atoms with E-state index >= 15 is 0 Å². The van der Waals surface area contributed by atoms with Crippen LogP contribution < -0.4 is 0 Å². The second-order valence-corrected chi connectivity index (χ2v) is 5.81. The fourth-order valence-corrected chi connectivity index (χ4v) is 2.27. The number of hydrogen-bond acceptors (Lipinski definition) is 2. The number of carbonyl (C=O) groups is 1. The van der Waals surface area contributed by atoms with Crippen LogP contribution in [0.25, 0.3) is 0 Å². The number of Topliss-reactive ketones (excluding diaryl/α,β-unsaturated/α-hetero) is 1. The molecule has 0 amide bonds. The van der Waals surface area contributed by atoms with Crippen LogP contribution >= 0.6 is 0 Å². The maximum absolute atomic E-state index is 11.9. The maximum Gasteiger partial charge on any atom is 0.137 e. The molecule has 0 bridgehead atoms. The van der Waals surface area contributed by atoms with Gasteiger partial charge >= 0.3 is 0 Å². The summed E-state index contributed by atoms with van der Waals surface area (Å²) in [5.74, 6) is 0.787. The standard InChI is InChI=1S/C14H27NO/c1-5-14(2,3)15(4)11-12-9-7-6-8-10-13(12)16/h12H,5-11H2,1-4H3. The fraction of sp³-hybridized carbons (Fsp3) is 0.929. The topological polar surface area (TPSA) is 20.3 Å². The van der Waals surface area contributed by atoms with E-state index < -0.39 is 0 Å². The zero-order valence-corrected chi connectivity index (χ0v) is 11.4. The third kappa shape index (κ3) is 3.58. The number of ketones is 1. The van der Waals surface area contributed by atoms with E-state index in [0.29, 0.717) is 11.7 Å². The number of rotatable bonds is 4. The Morgan fingerprint density at radius 3 is 2.62 bits per heavy atom. The van der Waals surface area contributed by atoms with Crippen molar-refractivity contribution in [2.45, 2.75) is 64.8 Å². The van der Waals surface area contributed by atoms with Gasteiger partial charge < -0.3 is 4.90 Å². The highest BCUT2D eigenvalue weighted by Crippen LogP contribution is 2.24. The average Bonchev–Trinajstić information content (AvgIpc) is 2.44. The van der Waals surface area contributed by atoms with E-state index in [2.05, 4.69) is 32.7 Å². The summed E-state index contributed by atoms with van der Waals surface area (Å²) in [7, 11) is 2.15. The van der Waals surface area contributed by atoms with Crippen LogP contribution in [0.2, 0.25) is 0 Å². The molecule has 0 spiro atoms. The first-order valence-corrected chi connectivity index (χ1v) is 6.71. The lowest BCUT2D eigenvalue weighted by Crippen LogP contribution is -2.44. The van der Waals surface area contributed by atoms with Gasteiger partial charge in [0.25, 0.3) is 0 Å². The Labute approximate surface area is 100 Å². The summed E-state index contributed by atoms with van der Waals surface area (Å²) < 4.78 is 0. The van der Waals surface area contributed by atoms with Crippen molar-refractivity contribution in [1.82, 2.24) is 4.90 Å². The van der Waals surface area contributed by atoms with Gasteiger partial charge in [0.15, 0.2) is 0 Å². The minimum Gasteiger partial charge on any atom is -0.301 e. The van der Waals surface area contributed by atoms with Crippen molar-refractivity contribution in [2.24, 2.45) is 5.92 Å². The zero-order valence-electron chi connectivity index (χ0n) is 11.4. The predicted octanol–water partition coefficient (Wildman–Crippen LogP) is 3.26. The molecule has 0 saturated heterocycles. The molecule has 1 aliphatic carbocycles. The summed E-state index contributed by atoms with van der Waals surface area (Å²) in [6.45, 7) is 7.67. The van der Waals surface area contributed by atoms with Crippen LogP contribution in [0, 0.1) is 5.92 Å². The molecule has 2 nitrogen and oxygen atoms in total. The lowest BCUT2D eigenvalue weighted by Gasteiger charge is -2.36. The van der Waals surface area contributed by atoms with E-state index in [1.807, 2.05) is 0 Å². The van der Waals surface area contributed by atoms with Crippen molar-refractivity contribution >= 4 is 5.78 Å². The highest BCUT2D eigenvalue weighted by atomic mass is 16.1. The van der Waals surface area contributed by atoms with Crippen molar-refractivity contribution < 1.29 is 4.79 Å². The van der Waals surface area contributed by atoms with Gasteiger partial charge in [-0.2, -0.15) is 0 Å². The molecule has 1 atom stereocenters. The van der Waals surface area contributed by atoms with E-state index in [4.69, 9.17) is 0 Å². The van der Waals surface area contributed by atoms with E-state index in [1.54, 1.807) is 0 Å². The zero-order chi connectivity index (χ0) is 12.2. The summed E-state index contributed by atoms with van der Waals surface area (Å²) in [6, 6.07) is 0. The first kappa shape index (κ1) is 13.7. The molecule has 16 heavy (non-hydrogen) atoms. The van der Waals surface area contributed by atoms with E-state index in [9.17, 15) is 4.79 Å². The van der Waals surface area contributed by atoms with Gasteiger partial charge in [-0.15, -0.1) is 0 Å². The van der Waals surface area contributed by atoms with Crippen LogP contribution in [-0.4, -0.2) is 29.8 Å². The Kier molecular flexibility index (Phi) is 4.97. The SMILES string of the molecule is CCC(C)(C)N(C)CC1CCCCCC1=O. The first-order valence-electron chi connectivity index (χ1n) is 6.71. The normalized spacial score (nSPS) is 23.6. The van der Waals surface area contributed by atoms with Gasteiger partial charge in [-0.1, -0.05) is 19.8 Å². The van der Waals surface area contributed by atoms with Gasteiger partial charge in [0.05, 0.1) is 0 Å². The molecule has 1 aliphatic rings. The van der Waals surface area contributed by atoms with Gasteiger partial charge in [-0.25, -0.2) is 0 Å². The van der Waals surface area contributed by atoms with Crippen LogP contribution in [0.3, 0.4) is 0 Å². The molecule has 0 aromatic heterocycles. The molecule has 2 heteroatoms. The summed E-state index contributed by atoms with van der Waals surface area (Å²) >= 11 is 0. The molecule has 0 N–H and O–H groups in total. The van der Waals surface area contributed by atoms with Crippen molar-refractivity contribution in [3.8, 4) is 0 Å². The summed E-state index contributed by atoms with van der Waals surface area (Å²) in [5, 5.41) is 0. The Morgan fingerprint density at radius 2 is 2.00 bits per heavy atom. The monoisotopic (exact) mass is 225 g/mol. The summed E-state index contributed by atoms with van der Waals surface area (Å²) in [6.07, 6.45) is 6.62. The Morgan fingerprint density at radius 1 is 1.31 bits per heavy atom. The molecule has 0 aromatic rings. The lowest BCUT2D eigenvalue weighted by molar-refractivity contribution is -0.123. The van der Waals surface area contributed by atoms with Crippen LogP contribution in [0.15, 0.2) is 0 Å². The number of nitrogens with zero attached hydrogens (tertiary/aromatic N) is 1. The Balaban J connectivity index is 2.54. The number of carbonyl (C=O) groups excluding carboxylic acids is 1. The summed E-state index contributed by atoms with van der Waals surface area (Å²) in [4.78, 5) is 14.3. The van der Waals surface area contributed by atoms with Crippen LogP contribution in [0.1, 0.15) is 59.3 Å². The quantitative estimate of drug-likeness (QED) is 0.684. The van der Waals surface area contributed by atoms with Gasteiger partial charge in [-0.3, -0.25) is 4.79 Å². The van der Waals surface area contributed by atoms with Crippen molar-refractivity contribution in [3.63, 3.8) is 0 Å². The van der Waals surface area contributed by atoms with E-state index in [-0.39, 0.29) is 5.54 Å². The molecule has 1 rings (SSSR count). The highest BCUT2D eigenvalue weighted by Gasteiger charge is 2.27. The second-order valence-electron chi connectivity index (χ2n) is 5.81. The molecule has 0 aromatic carbocycles.